The lowest BCUT2D eigenvalue weighted by atomic mass is 10.1. The fraction of sp³-hybridized carbons (Fsp3) is 0.167. The van der Waals surface area contributed by atoms with E-state index in [2.05, 4.69) is 4.85 Å². The van der Waals surface area contributed by atoms with Crippen LogP contribution in [0.5, 0.6) is 0 Å². The van der Waals surface area contributed by atoms with E-state index >= 15 is 0 Å². The summed E-state index contributed by atoms with van der Waals surface area (Å²) in [4.78, 5) is 14.1. The zero-order chi connectivity index (χ0) is 10.6. The van der Waals surface area contributed by atoms with Gasteiger partial charge in [0.1, 0.15) is 0 Å². The van der Waals surface area contributed by atoms with Crippen molar-refractivity contribution in [3.8, 4) is 0 Å². The first kappa shape index (κ1) is 10.2. The van der Waals surface area contributed by atoms with Crippen molar-refractivity contribution < 1.29 is 4.79 Å². The van der Waals surface area contributed by atoms with Crippen molar-refractivity contribution in [2.75, 3.05) is 0 Å². The lowest BCUT2D eigenvalue weighted by Crippen LogP contribution is -1.85. The fourth-order valence-corrected chi connectivity index (χ4v) is 1.19. The summed E-state index contributed by atoms with van der Waals surface area (Å²) in [5, 5.41) is 0. The van der Waals surface area contributed by atoms with Crippen LogP contribution in [-0.4, -0.2) is 5.78 Å². The van der Waals surface area contributed by atoms with Gasteiger partial charge in [-0.1, -0.05) is 24.3 Å². The topological polar surface area (TPSA) is 21.4 Å². The standard InChI is InChI=1S/C12H11NO/c1-9(8-10(2)14)11-4-6-12(13-3)7-5-11/h4-8H,1-2H3. The first-order chi connectivity index (χ1) is 6.63. The second kappa shape index (κ2) is 4.38. The Hall–Kier alpha value is -1.88. The Labute approximate surface area is 83.7 Å². The van der Waals surface area contributed by atoms with Crippen LogP contribution in [0.15, 0.2) is 30.3 Å². The highest BCUT2D eigenvalue weighted by molar-refractivity contribution is 5.94. The second-order valence-corrected chi connectivity index (χ2v) is 3.10. The Morgan fingerprint density at radius 2 is 1.86 bits per heavy atom. The SMILES string of the molecule is [C-]#[N+]c1ccc(C(C)=CC(C)=O)cc1. The summed E-state index contributed by atoms with van der Waals surface area (Å²) in [5.74, 6) is 0.0387. The van der Waals surface area contributed by atoms with E-state index in [1.807, 2.05) is 19.1 Å². The molecule has 2 nitrogen and oxygen atoms in total. The van der Waals surface area contributed by atoms with E-state index in [0.29, 0.717) is 5.69 Å². The maximum absolute atomic E-state index is 10.8. The van der Waals surface area contributed by atoms with Gasteiger partial charge >= 0.3 is 0 Å². The Morgan fingerprint density at radius 1 is 1.29 bits per heavy atom. The number of ketones is 1. The van der Waals surface area contributed by atoms with Crippen LogP contribution in [0.3, 0.4) is 0 Å². The Morgan fingerprint density at radius 3 is 2.29 bits per heavy atom. The lowest BCUT2D eigenvalue weighted by Gasteiger charge is -2.00. The molecule has 0 fully saturated rings. The van der Waals surface area contributed by atoms with Gasteiger partial charge in [-0.2, -0.15) is 0 Å². The van der Waals surface area contributed by atoms with Gasteiger partial charge in [0.15, 0.2) is 11.5 Å². The summed E-state index contributed by atoms with van der Waals surface area (Å²) in [5.41, 5.74) is 2.52. The summed E-state index contributed by atoms with van der Waals surface area (Å²) < 4.78 is 0. The molecule has 0 radical (unpaired) electrons. The quantitative estimate of drug-likeness (QED) is 0.512. The predicted molar refractivity (Wildman–Crippen MR) is 57.0 cm³/mol. The molecule has 14 heavy (non-hydrogen) atoms. The number of rotatable bonds is 2. The van der Waals surface area contributed by atoms with E-state index in [1.54, 1.807) is 18.2 Å². The average molecular weight is 185 g/mol. The van der Waals surface area contributed by atoms with Crippen molar-refractivity contribution in [3.63, 3.8) is 0 Å². The summed E-state index contributed by atoms with van der Waals surface area (Å²) in [6.07, 6.45) is 1.59. The minimum atomic E-state index is 0.0387. The van der Waals surface area contributed by atoms with Gasteiger partial charge in [-0.15, -0.1) is 0 Å². The molecule has 1 rings (SSSR count). The number of carbonyl (C=O) groups excluding carboxylic acids is 1. The van der Waals surface area contributed by atoms with Crippen LogP contribution in [0.4, 0.5) is 5.69 Å². The Balaban J connectivity index is 2.99. The van der Waals surface area contributed by atoms with Crippen LogP contribution in [0, 0.1) is 6.57 Å². The number of nitrogens with zero attached hydrogens (tertiary/aromatic N) is 1. The molecule has 0 amide bonds. The van der Waals surface area contributed by atoms with Crippen molar-refractivity contribution >= 4 is 17.0 Å². The van der Waals surface area contributed by atoms with Crippen molar-refractivity contribution in [1.82, 2.24) is 0 Å². The number of hydrogen-bond acceptors (Lipinski definition) is 1. The molecule has 0 heterocycles. The summed E-state index contributed by atoms with van der Waals surface area (Å²) in [6.45, 7) is 10.2. The molecule has 0 aliphatic carbocycles. The third-order valence-electron chi connectivity index (χ3n) is 1.87. The van der Waals surface area contributed by atoms with E-state index in [4.69, 9.17) is 6.57 Å². The third-order valence-corrected chi connectivity index (χ3v) is 1.87. The average Bonchev–Trinajstić information content (AvgIpc) is 2.17. The lowest BCUT2D eigenvalue weighted by molar-refractivity contribution is -0.112. The van der Waals surface area contributed by atoms with Crippen molar-refractivity contribution in [2.24, 2.45) is 0 Å². The first-order valence-electron chi connectivity index (χ1n) is 4.30. The van der Waals surface area contributed by atoms with Crippen LogP contribution >= 0.6 is 0 Å². The highest BCUT2D eigenvalue weighted by atomic mass is 16.1. The van der Waals surface area contributed by atoms with Gasteiger partial charge in [-0.3, -0.25) is 4.79 Å². The van der Waals surface area contributed by atoms with E-state index < -0.39 is 0 Å². The van der Waals surface area contributed by atoms with E-state index in [9.17, 15) is 4.79 Å². The molecule has 0 unspecified atom stereocenters. The molecular formula is C12H11NO. The van der Waals surface area contributed by atoms with Gasteiger partial charge < -0.3 is 0 Å². The van der Waals surface area contributed by atoms with E-state index in [-0.39, 0.29) is 5.78 Å². The molecule has 1 aromatic rings. The molecule has 0 N–H and O–H groups in total. The van der Waals surface area contributed by atoms with Crippen LogP contribution in [0.2, 0.25) is 0 Å². The van der Waals surface area contributed by atoms with Gasteiger partial charge in [0.25, 0.3) is 0 Å². The molecule has 1 aromatic carbocycles. The zero-order valence-corrected chi connectivity index (χ0v) is 8.24. The number of allylic oxidation sites excluding steroid dienone is 2. The van der Waals surface area contributed by atoms with E-state index in [1.165, 1.54) is 6.92 Å². The van der Waals surface area contributed by atoms with Gasteiger partial charge in [0.2, 0.25) is 0 Å². The van der Waals surface area contributed by atoms with Gasteiger partial charge in [0, 0.05) is 0 Å². The van der Waals surface area contributed by atoms with Crippen LogP contribution in [0.1, 0.15) is 19.4 Å². The number of carbonyl (C=O) groups is 1. The first-order valence-corrected chi connectivity index (χ1v) is 4.30. The molecule has 70 valence electrons. The Kier molecular flexibility index (Phi) is 3.19. The number of hydrogen-bond donors (Lipinski definition) is 0. The normalized spacial score (nSPS) is 10.8. The maximum Gasteiger partial charge on any atom is 0.187 e. The van der Waals surface area contributed by atoms with Gasteiger partial charge in [-0.25, -0.2) is 4.85 Å². The molecule has 0 saturated carbocycles. The Bertz CT molecular complexity index is 407. The van der Waals surface area contributed by atoms with Crippen molar-refractivity contribution in [2.45, 2.75) is 13.8 Å². The second-order valence-electron chi connectivity index (χ2n) is 3.10. The van der Waals surface area contributed by atoms with Crippen molar-refractivity contribution in [1.29, 1.82) is 0 Å². The van der Waals surface area contributed by atoms with Crippen LogP contribution in [-0.2, 0) is 4.79 Å². The molecule has 0 bridgehead atoms. The molecule has 0 aromatic heterocycles. The molecular weight excluding hydrogens is 174 g/mol. The highest BCUT2D eigenvalue weighted by Gasteiger charge is 1.97. The molecule has 0 aliphatic heterocycles. The minimum Gasteiger partial charge on any atom is -0.295 e. The van der Waals surface area contributed by atoms with Gasteiger partial charge in [-0.05, 0) is 31.1 Å². The largest absolute Gasteiger partial charge is 0.295 e. The monoisotopic (exact) mass is 185 g/mol. The molecule has 2 heteroatoms. The summed E-state index contributed by atoms with van der Waals surface area (Å²) >= 11 is 0. The number of benzene rings is 1. The highest BCUT2D eigenvalue weighted by Crippen LogP contribution is 2.18. The molecule has 0 spiro atoms. The smallest absolute Gasteiger partial charge is 0.187 e. The van der Waals surface area contributed by atoms with Crippen LogP contribution in [0.25, 0.3) is 10.4 Å². The van der Waals surface area contributed by atoms with Crippen LogP contribution < -0.4 is 0 Å². The molecule has 0 saturated heterocycles. The summed E-state index contributed by atoms with van der Waals surface area (Å²) in [7, 11) is 0. The fourth-order valence-electron chi connectivity index (χ4n) is 1.19. The molecule has 0 atom stereocenters. The maximum atomic E-state index is 10.8. The zero-order valence-electron chi connectivity index (χ0n) is 8.24. The minimum absolute atomic E-state index is 0.0387. The van der Waals surface area contributed by atoms with Gasteiger partial charge in [0.05, 0.1) is 6.57 Å². The summed E-state index contributed by atoms with van der Waals surface area (Å²) in [6, 6.07) is 7.20. The predicted octanol–water partition coefficient (Wildman–Crippen LogP) is 3.23. The van der Waals surface area contributed by atoms with Crippen molar-refractivity contribution in [3.05, 3.63) is 47.3 Å². The van der Waals surface area contributed by atoms with E-state index in [0.717, 1.165) is 11.1 Å². The molecule has 0 aliphatic rings. The third kappa shape index (κ3) is 2.56.